The number of aliphatic hydroxyl groups is 1. The lowest BCUT2D eigenvalue weighted by Gasteiger charge is -2.11. The van der Waals surface area contributed by atoms with Gasteiger partial charge in [-0.2, -0.15) is 5.10 Å². The Morgan fingerprint density at radius 3 is 3.15 bits per heavy atom. The fourth-order valence-corrected chi connectivity index (χ4v) is 1.20. The van der Waals surface area contributed by atoms with Crippen molar-refractivity contribution in [3.8, 4) is 0 Å². The summed E-state index contributed by atoms with van der Waals surface area (Å²) in [6.45, 7) is -0.512. The van der Waals surface area contributed by atoms with Crippen LogP contribution in [0, 0.1) is 5.92 Å². The number of hydrazone groups is 1. The van der Waals surface area contributed by atoms with E-state index < -0.39 is 12.5 Å². The van der Waals surface area contributed by atoms with Gasteiger partial charge in [-0.15, -0.1) is 0 Å². The number of nitrogens with zero attached hydrogens (tertiary/aromatic N) is 1. The average molecular weight is 182 g/mol. The highest BCUT2D eigenvalue weighted by molar-refractivity contribution is 5.77. The smallest absolute Gasteiger partial charge is 0.265 e. The van der Waals surface area contributed by atoms with Crippen LogP contribution in [0.5, 0.6) is 0 Å². The molecule has 0 aliphatic heterocycles. The van der Waals surface area contributed by atoms with Crippen molar-refractivity contribution >= 4 is 12.1 Å². The lowest BCUT2D eigenvalue weighted by Crippen LogP contribution is -2.21. The molecule has 0 aromatic heterocycles. The molecule has 0 saturated carbocycles. The standard InChI is InChI=1S/C9H14N2O2/c12-7-9(13)11-10-6-8-4-2-1-3-5-8/h1-2,6,8,12H,3-5,7H2,(H,11,13)/b10-6+. The maximum Gasteiger partial charge on any atom is 0.265 e. The van der Waals surface area contributed by atoms with E-state index in [-0.39, 0.29) is 0 Å². The van der Waals surface area contributed by atoms with Gasteiger partial charge in [-0.1, -0.05) is 12.2 Å². The number of carbonyl (C=O) groups is 1. The lowest BCUT2D eigenvalue weighted by atomic mass is 9.96. The molecule has 1 aliphatic rings. The molecule has 0 aromatic carbocycles. The zero-order chi connectivity index (χ0) is 9.52. The summed E-state index contributed by atoms with van der Waals surface area (Å²) in [5, 5.41) is 12.1. The number of hydrogen-bond acceptors (Lipinski definition) is 3. The lowest BCUT2D eigenvalue weighted by molar-refractivity contribution is -0.123. The highest BCUT2D eigenvalue weighted by atomic mass is 16.3. The highest BCUT2D eigenvalue weighted by Crippen LogP contribution is 2.15. The van der Waals surface area contributed by atoms with E-state index >= 15 is 0 Å². The van der Waals surface area contributed by atoms with Gasteiger partial charge in [-0.05, 0) is 25.2 Å². The van der Waals surface area contributed by atoms with Crippen LogP contribution in [0.4, 0.5) is 0 Å². The summed E-state index contributed by atoms with van der Waals surface area (Å²) >= 11 is 0. The summed E-state index contributed by atoms with van der Waals surface area (Å²) in [5.74, 6) is -0.0494. The topological polar surface area (TPSA) is 61.7 Å². The minimum Gasteiger partial charge on any atom is -0.386 e. The highest BCUT2D eigenvalue weighted by Gasteiger charge is 2.06. The number of amides is 1. The summed E-state index contributed by atoms with van der Waals surface area (Å²) in [7, 11) is 0. The van der Waals surface area contributed by atoms with Crippen molar-refractivity contribution in [1.82, 2.24) is 5.43 Å². The Labute approximate surface area is 77.3 Å². The van der Waals surface area contributed by atoms with Crippen LogP contribution in [-0.2, 0) is 4.79 Å². The van der Waals surface area contributed by atoms with E-state index in [2.05, 4.69) is 22.7 Å². The van der Waals surface area contributed by atoms with Crippen LogP contribution in [0.25, 0.3) is 0 Å². The molecule has 1 unspecified atom stereocenters. The summed E-state index contributed by atoms with van der Waals surface area (Å²) in [4.78, 5) is 10.6. The molecule has 0 fully saturated rings. The van der Waals surface area contributed by atoms with Gasteiger partial charge in [0.1, 0.15) is 6.61 Å². The second-order valence-electron chi connectivity index (χ2n) is 3.02. The molecule has 4 heteroatoms. The second kappa shape index (κ2) is 5.48. The van der Waals surface area contributed by atoms with Gasteiger partial charge in [0.2, 0.25) is 0 Å². The molecule has 1 rings (SSSR count). The van der Waals surface area contributed by atoms with Gasteiger partial charge in [0.25, 0.3) is 5.91 Å². The Bertz CT molecular complexity index is 224. The van der Waals surface area contributed by atoms with Crippen molar-refractivity contribution in [2.75, 3.05) is 6.61 Å². The van der Waals surface area contributed by atoms with Crippen LogP contribution in [0.1, 0.15) is 19.3 Å². The molecule has 0 bridgehead atoms. The Balaban J connectivity index is 2.23. The first-order valence-corrected chi connectivity index (χ1v) is 4.41. The quantitative estimate of drug-likeness (QED) is 0.378. The van der Waals surface area contributed by atoms with Crippen LogP contribution in [0.3, 0.4) is 0 Å². The van der Waals surface area contributed by atoms with Gasteiger partial charge < -0.3 is 5.11 Å². The van der Waals surface area contributed by atoms with Crippen molar-refractivity contribution in [2.45, 2.75) is 19.3 Å². The summed E-state index contributed by atoms with van der Waals surface area (Å²) in [5.41, 5.74) is 2.24. The molecule has 72 valence electrons. The minimum atomic E-state index is -0.512. The normalized spacial score (nSPS) is 22.1. The average Bonchev–Trinajstić information content (AvgIpc) is 2.19. The van der Waals surface area contributed by atoms with Gasteiger partial charge in [0.05, 0.1) is 0 Å². The molecule has 1 amide bonds. The minimum absolute atomic E-state index is 0.420. The maximum absolute atomic E-state index is 10.6. The van der Waals surface area contributed by atoms with E-state index in [9.17, 15) is 4.79 Å². The van der Waals surface area contributed by atoms with Crippen molar-refractivity contribution < 1.29 is 9.90 Å². The van der Waals surface area contributed by atoms with E-state index in [0.717, 1.165) is 19.3 Å². The molecular weight excluding hydrogens is 168 g/mol. The van der Waals surface area contributed by atoms with Gasteiger partial charge in [-0.25, -0.2) is 5.43 Å². The molecule has 0 saturated heterocycles. The van der Waals surface area contributed by atoms with E-state index in [1.54, 1.807) is 6.21 Å². The van der Waals surface area contributed by atoms with Crippen LogP contribution in [0.2, 0.25) is 0 Å². The molecule has 1 atom stereocenters. The van der Waals surface area contributed by atoms with Crippen molar-refractivity contribution in [2.24, 2.45) is 11.0 Å². The first kappa shape index (κ1) is 9.92. The number of hydrogen-bond donors (Lipinski definition) is 2. The van der Waals surface area contributed by atoms with Crippen molar-refractivity contribution in [1.29, 1.82) is 0 Å². The number of allylic oxidation sites excluding steroid dienone is 2. The zero-order valence-corrected chi connectivity index (χ0v) is 7.44. The van der Waals surface area contributed by atoms with Gasteiger partial charge >= 0.3 is 0 Å². The summed E-state index contributed by atoms with van der Waals surface area (Å²) in [6.07, 6.45) is 9.14. The molecule has 4 nitrogen and oxygen atoms in total. The molecule has 0 heterocycles. The predicted molar refractivity (Wildman–Crippen MR) is 50.2 cm³/mol. The van der Waals surface area contributed by atoms with E-state index in [4.69, 9.17) is 5.11 Å². The monoisotopic (exact) mass is 182 g/mol. The zero-order valence-electron chi connectivity index (χ0n) is 7.44. The third-order valence-corrected chi connectivity index (χ3v) is 1.93. The Morgan fingerprint density at radius 2 is 2.54 bits per heavy atom. The molecular formula is C9H14N2O2. The predicted octanol–water partition coefficient (Wildman–Crippen LogP) is 0.437. The van der Waals surface area contributed by atoms with Crippen molar-refractivity contribution in [3.05, 3.63) is 12.2 Å². The van der Waals surface area contributed by atoms with E-state index in [1.807, 2.05) is 0 Å². The number of nitrogens with one attached hydrogen (secondary N) is 1. The SMILES string of the molecule is O=C(CO)N/N=C/C1CC=CCC1. The van der Waals surface area contributed by atoms with Gasteiger partial charge in [0.15, 0.2) is 0 Å². The van der Waals surface area contributed by atoms with E-state index in [0.29, 0.717) is 5.92 Å². The van der Waals surface area contributed by atoms with E-state index in [1.165, 1.54) is 0 Å². The first-order valence-electron chi connectivity index (χ1n) is 4.41. The first-order chi connectivity index (χ1) is 6.33. The third kappa shape index (κ3) is 3.85. The van der Waals surface area contributed by atoms with Crippen LogP contribution in [-0.4, -0.2) is 23.8 Å². The van der Waals surface area contributed by atoms with Gasteiger partial charge in [-0.3, -0.25) is 4.79 Å². The van der Waals surface area contributed by atoms with Crippen LogP contribution >= 0.6 is 0 Å². The van der Waals surface area contributed by atoms with Gasteiger partial charge in [0, 0.05) is 6.21 Å². The number of carbonyl (C=O) groups excluding carboxylic acids is 1. The molecule has 0 aromatic rings. The number of aliphatic hydroxyl groups excluding tert-OH is 1. The Hall–Kier alpha value is -1.16. The fraction of sp³-hybridized carbons (Fsp3) is 0.556. The molecule has 0 spiro atoms. The Kier molecular flexibility index (Phi) is 4.18. The molecule has 1 aliphatic carbocycles. The number of rotatable bonds is 3. The maximum atomic E-state index is 10.6. The molecule has 13 heavy (non-hydrogen) atoms. The van der Waals surface area contributed by atoms with Crippen molar-refractivity contribution in [3.63, 3.8) is 0 Å². The summed E-state index contributed by atoms with van der Waals surface area (Å²) in [6, 6.07) is 0. The van der Waals surface area contributed by atoms with Crippen LogP contribution in [0.15, 0.2) is 17.3 Å². The molecule has 0 radical (unpaired) electrons. The molecule has 2 N–H and O–H groups in total. The summed E-state index contributed by atoms with van der Waals surface area (Å²) < 4.78 is 0. The largest absolute Gasteiger partial charge is 0.386 e. The fourth-order valence-electron chi connectivity index (χ4n) is 1.20. The second-order valence-corrected chi connectivity index (χ2v) is 3.02. The Morgan fingerprint density at radius 1 is 1.69 bits per heavy atom. The third-order valence-electron chi connectivity index (χ3n) is 1.93. The van der Waals surface area contributed by atoms with Crippen LogP contribution < -0.4 is 5.43 Å².